The van der Waals surface area contributed by atoms with E-state index in [1.165, 1.54) is 0 Å². The molecule has 0 rings (SSSR count). The summed E-state index contributed by atoms with van der Waals surface area (Å²) in [6.07, 6.45) is 0. The van der Waals surface area contributed by atoms with Crippen molar-refractivity contribution in [3.8, 4) is 0 Å². The normalized spacial score (nSPS) is 12.2. The highest BCUT2D eigenvalue weighted by atomic mass is 16.1. The number of primary amides is 1. The summed E-state index contributed by atoms with van der Waals surface area (Å²) >= 11 is 0. The quantitative estimate of drug-likeness (QED) is 0.576. The Morgan fingerprint density at radius 1 is 1.60 bits per heavy atom. The van der Waals surface area contributed by atoms with E-state index in [0.717, 1.165) is 5.71 Å². The largest absolute Gasteiger partial charge is 0.368 e. The van der Waals surface area contributed by atoms with Gasteiger partial charge in [-0.25, -0.2) is 0 Å². The zero-order chi connectivity index (χ0) is 8.15. The van der Waals surface area contributed by atoms with Gasteiger partial charge in [-0.15, -0.1) is 0 Å². The zero-order valence-corrected chi connectivity index (χ0v) is 6.72. The summed E-state index contributed by atoms with van der Waals surface area (Å²) in [4.78, 5) is 14.2. The minimum atomic E-state index is -0.375. The van der Waals surface area contributed by atoms with Crippen LogP contribution >= 0.6 is 0 Å². The SMILES string of the molecule is CC(=NCC(N)=O)C(C)C. The second-order valence-corrected chi connectivity index (χ2v) is 2.58. The van der Waals surface area contributed by atoms with Crippen LogP contribution in [0.3, 0.4) is 0 Å². The van der Waals surface area contributed by atoms with Gasteiger partial charge in [0, 0.05) is 5.71 Å². The Kier molecular flexibility index (Phi) is 3.69. The molecule has 0 aromatic rings. The number of nitrogens with zero attached hydrogens (tertiary/aromatic N) is 1. The Hall–Kier alpha value is -0.860. The van der Waals surface area contributed by atoms with Crippen LogP contribution in [-0.4, -0.2) is 18.2 Å². The Bertz CT molecular complexity index is 150. The summed E-state index contributed by atoms with van der Waals surface area (Å²) in [5.74, 6) is 0.0272. The van der Waals surface area contributed by atoms with Gasteiger partial charge in [-0.05, 0) is 12.8 Å². The van der Waals surface area contributed by atoms with E-state index >= 15 is 0 Å². The van der Waals surface area contributed by atoms with Crippen LogP contribution in [0.5, 0.6) is 0 Å². The lowest BCUT2D eigenvalue weighted by Crippen LogP contribution is -2.16. The average molecular weight is 142 g/mol. The Morgan fingerprint density at radius 3 is 2.40 bits per heavy atom. The summed E-state index contributed by atoms with van der Waals surface area (Å²) in [7, 11) is 0. The predicted octanol–water partition coefficient (Wildman–Crippen LogP) is 0.589. The number of hydrogen-bond donors (Lipinski definition) is 1. The van der Waals surface area contributed by atoms with Gasteiger partial charge in [0.05, 0.1) is 0 Å². The van der Waals surface area contributed by atoms with Gasteiger partial charge in [0.2, 0.25) is 5.91 Å². The Morgan fingerprint density at radius 2 is 2.10 bits per heavy atom. The molecule has 0 saturated heterocycles. The second-order valence-electron chi connectivity index (χ2n) is 2.58. The standard InChI is InChI=1S/C7H14N2O/c1-5(2)6(3)9-4-7(8)10/h5H,4H2,1-3H3,(H2,8,10). The third-order valence-electron chi connectivity index (χ3n) is 1.32. The Labute approximate surface area is 61.3 Å². The number of amides is 1. The van der Waals surface area contributed by atoms with E-state index in [4.69, 9.17) is 5.73 Å². The molecule has 0 aliphatic rings. The van der Waals surface area contributed by atoms with Crippen molar-refractivity contribution in [2.75, 3.05) is 6.54 Å². The third-order valence-corrected chi connectivity index (χ3v) is 1.32. The first kappa shape index (κ1) is 9.14. The van der Waals surface area contributed by atoms with Gasteiger partial charge in [0.15, 0.2) is 0 Å². The molecule has 0 radical (unpaired) electrons. The molecule has 0 spiro atoms. The number of carbonyl (C=O) groups excluding carboxylic acids is 1. The topological polar surface area (TPSA) is 55.4 Å². The molecule has 2 N–H and O–H groups in total. The van der Waals surface area contributed by atoms with Crippen LogP contribution in [0, 0.1) is 5.92 Å². The van der Waals surface area contributed by atoms with E-state index in [2.05, 4.69) is 4.99 Å². The number of hydrogen-bond acceptors (Lipinski definition) is 2. The van der Waals surface area contributed by atoms with Crippen LogP contribution in [0.25, 0.3) is 0 Å². The average Bonchev–Trinajstić information content (AvgIpc) is 1.82. The molecule has 0 bridgehead atoms. The minimum Gasteiger partial charge on any atom is -0.368 e. The van der Waals surface area contributed by atoms with Gasteiger partial charge in [-0.2, -0.15) is 0 Å². The van der Waals surface area contributed by atoms with Crippen molar-refractivity contribution in [3.63, 3.8) is 0 Å². The maximum Gasteiger partial charge on any atom is 0.239 e. The molecule has 0 unspecified atom stereocenters. The highest BCUT2D eigenvalue weighted by Crippen LogP contribution is 1.94. The number of nitrogens with two attached hydrogens (primary N) is 1. The molecule has 10 heavy (non-hydrogen) atoms. The smallest absolute Gasteiger partial charge is 0.239 e. The van der Waals surface area contributed by atoms with Crippen molar-refractivity contribution in [1.82, 2.24) is 0 Å². The lowest BCUT2D eigenvalue weighted by Gasteiger charge is -2.01. The summed E-state index contributed by atoms with van der Waals surface area (Å²) in [6, 6.07) is 0. The maximum atomic E-state index is 10.2. The zero-order valence-electron chi connectivity index (χ0n) is 6.72. The first-order chi connectivity index (χ1) is 4.54. The lowest BCUT2D eigenvalue weighted by atomic mass is 10.1. The first-order valence-electron chi connectivity index (χ1n) is 3.33. The molecule has 0 saturated carbocycles. The number of rotatable bonds is 3. The second kappa shape index (κ2) is 4.04. The van der Waals surface area contributed by atoms with E-state index in [0.29, 0.717) is 5.92 Å². The van der Waals surface area contributed by atoms with Crippen LogP contribution in [-0.2, 0) is 4.79 Å². The molecule has 0 fully saturated rings. The van der Waals surface area contributed by atoms with Crippen molar-refractivity contribution in [3.05, 3.63) is 0 Å². The fourth-order valence-electron chi connectivity index (χ4n) is 0.385. The van der Waals surface area contributed by atoms with Crippen LogP contribution in [0.2, 0.25) is 0 Å². The molecule has 0 aromatic heterocycles. The maximum absolute atomic E-state index is 10.2. The molecular formula is C7H14N2O. The van der Waals surface area contributed by atoms with E-state index in [9.17, 15) is 4.79 Å². The van der Waals surface area contributed by atoms with Gasteiger partial charge in [0.1, 0.15) is 6.54 Å². The molecule has 58 valence electrons. The summed E-state index contributed by atoms with van der Waals surface area (Å²) in [6.45, 7) is 6.07. The fourth-order valence-corrected chi connectivity index (χ4v) is 0.385. The molecule has 0 aliphatic carbocycles. The first-order valence-corrected chi connectivity index (χ1v) is 3.33. The summed E-state index contributed by atoms with van der Waals surface area (Å²) in [5, 5.41) is 0. The van der Waals surface area contributed by atoms with E-state index in [-0.39, 0.29) is 12.5 Å². The van der Waals surface area contributed by atoms with Crippen LogP contribution < -0.4 is 5.73 Å². The van der Waals surface area contributed by atoms with E-state index in [1.54, 1.807) is 0 Å². The van der Waals surface area contributed by atoms with Crippen molar-refractivity contribution >= 4 is 11.6 Å². The summed E-state index contributed by atoms with van der Waals surface area (Å²) in [5.41, 5.74) is 5.87. The molecule has 1 amide bonds. The van der Waals surface area contributed by atoms with Crippen molar-refractivity contribution in [2.24, 2.45) is 16.6 Å². The van der Waals surface area contributed by atoms with Gasteiger partial charge >= 0.3 is 0 Å². The van der Waals surface area contributed by atoms with Gasteiger partial charge in [-0.1, -0.05) is 13.8 Å². The van der Waals surface area contributed by atoms with Crippen molar-refractivity contribution < 1.29 is 4.79 Å². The predicted molar refractivity (Wildman–Crippen MR) is 42.0 cm³/mol. The minimum absolute atomic E-state index is 0.115. The molecule has 0 heterocycles. The monoisotopic (exact) mass is 142 g/mol. The Balaban J connectivity index is 3.80. The fraction of sp³-hybridized carbons (Fsp3) is 0.714. The van der Waals surface area contributed by atoms with Crippen LogP contribution in [0.15, 0.2) is 4.99 Å². The molecule has 3 nitrogen and oxygen atoms in total. The summed E-state index contributed by atoms with van der Waals surface area (Å²) < 4.78 is 0. The van der Waals surface area contributed by atoms with Crippen molar-refractivity contribution in [2.45, 2.75) is 20.8 Å². The molecule has 0 atom stereocenters. The van der Waals surface area contributed by atoms with E-state index < -0.39 is 0 Å². The highest BCUT2D eigenvalue weighted by Gasteiger charge is 1.97. The van der Waals surface area contributed by atoms with Gasteiger partial charge in [-0.3, -0.25) is 9.79 Å². The van der Waals surface area contributed by atoms with E-state index in [1.807, 2.05) is 20.8 Å². The molecule has 0 aliphatic heterocycles. The number of carbonyl (C=O) groups is 1. The number of aliphatic imine (C=N–C) groups is 1. The molecule has 3 heteroatoms. The lowest BCUT2D eigenvalue weighted by molar-refractivity contribution is -0.116. The van der Waals surface area contributed by atoms with Crippen molar-refractivity contribution in [1.29, 1.82) is 0 Å². The van der Waals surface area contributed by atoms with Crippen LogP contribution in [0.1, 0.15) is 20.8 Å². The molecule has 0 aromatic carbocycles. The highest BCUT2D eigenvalue weighted by molar-refractivity contribution is 5.86. The van der Waals surface area contributed by atoms with Crippen LogP contribution in [0.4, 0.5) is 0 Å². The third kappa shape index (κ3) is 4.06. The van der Waals surface area contributed by atoms with Gasteiger partial charge < -0.3 is 5.73 Å². The molecular weight excluding hydrogens is 128 g/mol. The van der Waals surface area contributed by atoms with Gasteiger partial charge in [0.25, 0.3) is 0 Å².